The third kappa shape index (κ3) is 2.15. The predicted octanol–water partition coefficient (Wildman–Crippen LogP) is 2.23. The first-order valence-corrected chi connectivity index (χ1v) is 6.70. The van der Waals surface area contributed by atoms with E-state index in [0.717, 1.165) is 21.1 Å². The fourth-order valence-electron chi connectivity index (χ4n) is 1.90. The van der Waals surface area contributed by atoms with Crippen molar-refractivity contribution in [3.8, 4) is 0 Å². The van der Waals surface area contributed by atoms with Crippen LogP contribution in [0.5, 0.6) is 0 Å². The SMILES string of the molecule is Cc1nc(CC(=O)c2cnn3ccncc23)sc1C. The zero-order valence-electron chi connectivity index (χ0n) is 10.6. The van der Waals surface area contributed by atoms with E-state index in [4.69, 9.17) is 0 Å². The fraction of sp³-hybridized carbons (Fsp3) is 0.231. The Bertz CT molecular complexity index is 739. The van der Waals surface area contributed by atoms with Gasteiger partial charge in [-0.05, 0) is 13.8 Å². The van der Waals surface area contributed by atoms with E-state index >= 15 is 0 Å². The Morgan fingerprint density at radius 1 is 1.37 bits per heavy atom. The van der Waals surface area contributed by atoms with Gasteiger partial charge in [0.2, 0.25) is 0 Å². The van der Waals surface area contributed by atoms with Gasteiger partial charge in [0.15, 0.2) is 5.78 Å². The molecule has 0 N–H and O–H groups in total. The van der Waals surface area contributed by atoms with Crippen molar-refractivity contribution in [2.45, 2.75) is 20.3 Å². The first kappa shape index (κ1) is 12.0. The molecule has 3 heterocycles. The molecule has 5 nitrogen and oxygen atoms in total. The molecule has 0 amide bonds. The minimum Gasteiger partial charge on any atom is -0.294 e. The number of carbonyl (C=O) groups is 1. The van der Waals surface area contributed by atoms with Crippen LogP contribution < -0.4 is 0 Å². The maximum atomic E-state index is 12.3. The lowest BCUT2D eigenvalue weighted by molar-refractivity contribution is 0.0994. The van der Waals surface area contributed by atoms with E-state index in [-0.39, 0.29) is 5.78 Å². The molecule has 0 saturated heterocycles. The summed E-state index contributed by atoms with van der Waals surface area (Å²) in [5, 5.41) is 4.99. The van der Waals surface area contributed by atoms with Gasteiger partial charge in [-0.1, -0.05) is 0 Å². The smallest absolute Gasteiger partial charge is 0.173 e. The van der Waals surface area contributed by atoms with Crippen LogP contribution in [0.3, 0.4) is 0 Å². The van der Waals surface area contributed by atoms with E-state index in [1.54, 1.807) is 40.6 Å². The lowest BCUT2D eigenvalue weighted by Gasteiger charge is -1.96. The van der Waals surface area contributed by atoms with E-state index in [0.29, 0.717) is 12.0 Å². The number of aromatic nitrogens is 4. The third-order valence-corrected chi connectivity index (χ3v) is 4.08. The molecule has 0 aromatic carbocycles. The molecule has 0 fully saturated rings. The summed E-state index contributed by atoms with van der Waals surface area (Å²) in [4.78, 5) is 21.9. The molecule has 0 aliphatic heterocycles. The number of aryl methyl sites for hydroxylation is 2. The second kappa shape index (κ2) is 4.55. The van der Waals surface area contributed by atoms with Crippen molar-refractivity contribution in [2.75, 3.05) is 0 Å². The number of carbonyl (C=O) groups excluding carboxylic acids is 1. The summed E-state index contributed by atoms with van der Waals surface area (Å²) in [5.41, 5.74) is 2.32. The van der Waals surface area contributed by atoms with Crippen molar-refractivity contribution in [2.24, 2.45) is 0 Å². The maximum absolute atomic E-state index is 12.3. The standard InChI is InChI=1S/C13H12N4OS/c1-8-9(2)19-13(16-8)5-12(18)10-6-15-17-4-3-14-7-11(10)17/h3-4,6-7H,5H2,1-2H3. The molecule has 0 aliphatic carbocycles. The molecule has 0 atom stereocenters. The number of hydrogen-bond donors (Lipinski definition) is 0. The minimum absolute atomic E-state index is 0.0248. The molecule has 3 aromatic heterocycles. The number of fused-ring (bicyclic) bond motifs is 1. The van der Waals surface area contributed by atoms with Crippen LogP contribution >= 0.6 is 11.3 Å². The molecule has 0 unspecified atom stereocenters. The highest BCUT2D eigenvalue weighted by molar-refractivity contribution is 7.11. The fourth-order valence-corrected chi connectivity index (χ4v) is 2.83. The Morgan fingerprint density at radius 3 is 2.95 bits per heavy atom. The van der Waals surface area contributed by atoms with Crippen LogP contribution in [0.25, 0.3) is 5.52 Å². The van der Waals surface area contributed by atoms with Crippen LogP contribution in [0, 0.1) is 13.8 Å². The zero-order valence-corrected chi connectivity index (χ0v) is 11.4. The molecule has 0 radical (unpaired) electrons. The van der Waals surface area contributed by atoms with E-state index in [1.807, 2.05) is 13.8 Å². The van der Waals surface area contributed by atoms with E-state index < -0.39 is 0 Å². The quantitative estimate of drug-likeness (QED) is 0.686. The van der Waals surface area contributed by atoms with Crippen LogP contribution in [-0.4, -0.2) is 25.4 Å². The van der Waals surface area contributed by atoms with Gasteiger partial charge >= 0.3 is 0 Å². The van der Waals surface area contributed by atoms with Crippen LogP contribution in [0.2, 0.25) is 0 Å². The van der Waals surface area contributed by atoms with E-state index in [9.17, 15) is 4.79 Å². The molecule has 96 valence electrons. The van der Waals surface area contributed by atoms with Crippen LogP contribution in [-0.2, 0) is 6.42 Å². The molecular weight excluding hydrogens is 260 g/mol. The Balaban J connectivity index is 1.92. The molecule has 19 heavy (non-hydrogen) atoms. The summed E-state index contributed by atoms with van der Waals surface area (Å²) in [6.07, 6.45) is 6.92. The molecule has 0 saturated carbocycles. The molecule has 0 spiro atoms. The predicted molar refractivity (Wildman–Crippen MR) is 72.6 cm³/mol. The second-order valence-corrected chi connectivity index (χ2v) is 5.60. The van der Waals surface area contributed by atoms with Crippen molar-refractivity contribution < 1.29 is 4.79 Å². The van der Waals surface area contributed by atoms with Gasteiger partial charge in [0.1, 0.15) is 5.01 Å². The highest BCUT2D eigenvalue weighted by Gasteiger charge is 2.15. The molecule has 3 rings (SSSR count). The van der Waals surface area contributed by atoms with Crippen LogP contribution in [0.1, 0.15) is 25.9 Å². The summed E-state index contributed by atoms with van der Waals surface area (Å²) < 4.78 is 1.65. The number of ketones is 1. The largest absolute Gasteiger partial charge is 0.294 e. The molecular formula is C13H12N4OS. The third-order valence-electron chi connectivity index (χ3n) is 3.01. The zero-order chi connectivity index (χ0) is 13.4. The van der Waals surface area contributed by atoms with E-state index in [1.165, 1.54) is 0 Å². The van der Waals surface area contributed by atoms with Gasteiger partial charge in [0.25, 0.3) is 0 Å². The first-order valence-electron chi connectivity index (χ1n) is 5.88. The first-order chi connectivity index (χ1) is 9.15. The van der Waals surface area contributed by atoms with Crippen molar-refractivity contribution in [3.63, 3.8) is 0 Å². The Kier molecular flexibility index (Phi) is 2.87. The van der Waals surface area contributed by atoms with Crippen LogP contribution in [0.4, 0.5) is 0 Å². The van der Waals surface area contributed by atoms with Gasteiger partial charge in [0, 0.05) is 17.3 Å². The summed E-state index contributed by atoms with van der Waals surface area (Å²) in [6.45, 7) is 3.97. The van der Waals surface area contributed by atoms with Crippen molar-refractivity contribution >= 4 is 22.6 Å². The molecule has 6 heteroatoms. The Labute approximate surface area is 113 Å². The highest BCUT2D eigenvalue weighted by atomic mass is 32.1. The molecule has 0 bridgehead atoms. The number of hydrogen-bond acceptors (Lipinski definition) is 5. The molecule has 0 aliphatic rings. The van der Waals surface area contributed by atoms with Crippen molar-refractivity contribution in [3.05, 3.63) is 45.9 Å². The van der Waals surface area contributed by atoms with Gasteiger partial charge in [-0.15, -0.1) is 11.3 Å². The number of nitrogens with zero attached hydrogens (tertiary/aromatic N) is 4. The number of thiazole rings is 1. The average Bonchev–Trinajstić information content (AvgIpc) is 2.94. The molecule has 3 aromatic rings. The summed E-state index contributed by atoms with van der Waals surface area (Å²) >= 11 is 1.57. The lowest BCUT2D eigenvalue weighted by atomic mass is 10.1. The Hall–Kier alpha value is -2.08. The Morgan fingerprint density at radius 2 is 2.21 bits per heavy atom. The van der Waals surface area contributed by atoms with Gasteiger partial charge < -0.3 is 0 Å². The van der Waals surface area contributed by atoms with Gasteiger partial charge in [0.05, 0.1) is 35.6 Å². The highest BCUT2D eigenvalue weighted by Crippen LogP contribution is 2.19. The van der Waals surface area contributed by atoms with Gasteiger partial charge in [-0.3, -0.25) is 9.78 Å². The monoisotopic (exact) mass is 272 g/mol. The normalized spacial score (nSPS) is 11.1. The van der Waals surface area contributed by atoms with Gasteiger partial charge in [-0.25, -0.2) is 9.50 Å². The average molecular weight is 272 g/mol. The summed E-state index contributed by atoms with van der Waals surface area (Å²) in [7, 11) is 0. The van der Waals surface area contributed by atoms with Crippen molar-refractivity contribution in [1.29, 1.82) is 0 Å². The topological polar surface area (TPSA) is 60.2 Å². The van der Waals surface area contributed by atoms with Crippen molar-refractivity contribution in [1.82, 2.24) is 19.6 Å². The lowest BCUT2D eigenvalue weighted by Crippen LogP contribution is -2.03. The number of rotatable bonds is 3. The summed E-state index contributed by atoms with van der Waals surface area (Å²) in [5.74, 6) is 0.0248. The van der Waals surface area contributed by atoms with Crippen LogP contribution in [0.15, 0.2) is 24.8 Å². The summed E-state index contributed by atoms with van der Waals surface area (Å²) in [6, 6.07) is 0. The number of Topliss-reactive ketones (excluding diaryl/α,β-unsaturated/α-hetero) is 1. The maximum Gasteiger partial charge on any atom is 0.173 e. The second-order valence-electron chi connectivity index (χ2n) is 4.31. The minimum atomic E-state index is 0.0248. The van der Waals surface area contributed by atoms with Gasteiger partial charge in [-0.2, -0.15) is 5.10 Å². The van der Waals surface area contributed by atoms with E-state index in [2.05, 4.69) is 15.1 Å².